The number of hydrogen-bond acceptors (Lipinski definition) is 5. The molecule has 0 aliphatic carbocycles. The first-order valence-electron chi connectivity index (χ1n) is 10.7. The van der Waals surface area contributed by atoms with Gasteiger partial charge in [0.05, 0.1) is 6.26 Å². The lowest BCUT2D eigenvalue weighted by Crippen LogP contribution is -2.53. The summed E-state index contributed by atoms with van der Waals surface area (Å²) >= 11 is 0. The predicted octanol–water partition coefficient (Wildman–Crippen LogP) is 3.83. The van der Waals surface area contributed by atoms with E-state index in [1.165, 1.54) is 11.1 Å². The van der Waals surface area contributed by atoms with Crippen LogP contribution in [0, 0.1) is 0 Å². The number of likely N-dealkylation sites (tertiary alicyclic amines) is 1. The highest BCUT2D eigenvalue weighted by Gasteiger charge is 2.43. The molecule has 0 atom stereocenters. The first-order chi connectivity index (χ1) is 14.7. The number of fused-ring (bicyclic) bond motifs is 2. The van der Waals surface area contributed by atoms with Gasteiger partial charge in [-0.1, -0.05) is 31.2 Å². The van der Waals surface area contributed by atoms with Gasteiger partial charge in [-0.05, 0) is 48.1 Å². The Hall–Kier alpha value is -3.15. The maximum Gasteiger partial charge on any atom is 0.289 e. The molecule has 0 bridgehead atoms. The van der Waals surface area contributed by atoms with Gasteiger partial charge in [0.1, 0.15) is 0 Å². The van der Waals surface area contributed by atoms with Gasteiger partial charge < -0.3 is 14.2 Å². The number of carbonyl (C=O) groups excluding carboxylic acids is 1. The number of aromatic nitrogens is 2. The van der Waals surface area contributed by atoms with Crippen LogP contribution < -0.4 is 4.90 Å². The van der Waals surface area contributed by atoms with Crippen molar-refractivity contribution in [1.29, 1.82) is 0 Å². The second-order valence-corrected chi connectivity index (χ2v) is 8.31. The number of amides is 1. The molecule has 5 rings (SSSR count). The van der Waals surface area contributed by atoms with Gasteiger partial charge in [-0.3, -0.25) is 4.79 Å². The lowest BCUT2D eigenvalue weighted by molar-refractivity contribution is 0.0633. The molecule has 2 aliphatic rings. The van der Waals surface area contributed by atoms with E-state index in [1.54, 1.807) is 18.4 Å². The van der Waals surface area contributed by atoms with E-state index in [4.69, 9.17) is 4.42 Å². The molecule has 6 nitrogen and oxygen atoms in total. The highest BCUT2D eigenvalue weighted by atomic mass is 16.3. The Bertz CT molecular complexity index is 1020. The number of rotatable bonds is 3. The fourth-order valence-electron chi connectivity index (χ4n) is 4.84. The molecule has 0 N–H and O–H groups in total. The summed E-state index contributed by atoms with van der Waals surface area (Å²) in [5.74, 6) is 1.19. The van der Waals surface area contributed by atoms with Crippen LogP contribution in [0.15, 0.2) is 59.5 Å². The van der Waals surface area contributed by atoms with Crippen LogP contribution in [0.1, 0.15) is 47.0 Å². The van der Waals surface area contributed by atoms with Gasteiger partial charge in [-0.2, -0.15) is 0 Å². The summed E-state index contributed by atoms with van der Waals surface area (Å²) in [5.41, 5.74) is 3.89. The summed E-state index contributed by atoms with van der Waals surface area (Å²) in [5, 5.41) is 0. The SMILES string of the molecule is CCc1cnc(N2Cc3ccccc3C3(CCN(C(=O)c4ccco4)CC3)C2)nc1. The fourth-order valence-corrected chi connectivity index (χ4v) is 4.84. The maximum absolute atomic E-state index is 12.7. The van der Waals surface area contributed by atoms with Crippen molar-refractivity contribution < 1.29 is 9.21 Å². The fraction of sp³-hybridized carbons (Fsp3) is 0.375. The molecular weight excluding hydrogens is 376 g/mol. The molecule has 1 spiro atoms. The number of piperidine rings is 1. The van der Waals surface area contributed by atoms with Gasteiger partial charge in [-0.15, -0.1) is 0 Å². The van der Waals surface area contributed by atoms with Crippen molar-refractivity contribution in [2.24, 2.45) is 0 Å². The van der Waals surface area contributed by atoms with Gasteiger partial charge in [0.15, 0.2) is 5.76 Å². The first kappa shape index (κ1) is 18.9. The molecule has 1 fully saturated rings. The monoisotopic (exact) mass is 402 g/mol. The molecule has 2 aliphatic heterocycles. The molecule has 154 valence electrons. The molecule has 1 amide bonds. The van der Waals surface area contributed by atoms with Crippen LogP contribution in [0.2, 0.25) is 0 Å². The first-order valence-corrected chi connectivity index (χ1v) is 10.7. The molecule has 4 heterocycles. The molecule has 0 saturated carbocycles. The molecule has 0 unspecified atom stereocenters. The average molecular weight is 402 g/mol. The number of carbonyl (C=O) groups is 1. The smallest absolute Gasteiger partial charge is 0.289 e. The third kappa shape index (κ3) is 3.26. The van der Waals surface area contributed by atoms with Gasteiger partial charge in [0.2, 0.25) is 5.95 Å². The minimum absolute atomic E-state index is 0.00156. The highest BCUT2D eigenvalue weighted by molar-refractivity contribution is 5.91. The Balaban J connectivity index is 1.41. The number of furan rings is 1. The molecule has 1 saturated heterocycles. The quantitative estimate of drug-likeness (QED) is 0.666. The Morgan fingerprint density at radius 3 is 2.57 bits per heavy atom. The predicted molar refractivity (Wildman–Crippen MR) is 114 cm³/mol. The van der Waals surface area contributed by atoms with Crippen LogP contribution in [0.5, 0.6) is 0 Å². The third-order valence-corrected chi connectivity index (χ3v) is 6.57. The van der Waals surface area contributed by atoms with Gasteiger partial charge in [0.25, 0.3) is 5.91 Å². The normalized spacial score (nSPS) is 17.8. The van der Waals surface area contributed by atoms with Crippen molar-refractivity contribution in [3.8, 4) is 0 Å². The van der Waals surface area contributed by atoms with E-state index < -0.39 is 0 Å². The van der Waals surface area contributed by atoms with E-state index in [2.05, 4.69) is 46.1 Å². The molecule has 3 aromatic rings. The summed E-state index contributed by atoms with van der Waals surface area (Å²) in [6.45, 7) is 5.24. The third-order valence-electron chi connectivity index (χ3n) is 6.57. The van der Waals surface area contributed by atoms with E-state index >= 15 is 0 Å². The Labute approximate surface area is 176 Å². The van der Waals surface area contributed by atoms with Gasteiger partial charge >= 0.3 is 0 Å². The Kier molecular flexibility index (Phi) is 4.77. The number of hydrogen-bond donors (Lipinski definition) is 0. The molecule has 6 heteroatoms. The van der Waals surface area contributed by atoms with E-state index in [-0.39, 0.29) is 11.3 Å². The maximum atomic E-state index is 12.7. The van der Waals surface area contributed by atoms with Gasteiger partial charge in [-0.25, -0.2) is 9.97 Å². The zero-order valence-corrected chi connectivity index (χ0v) is 17.3. The van der Waals surface area contributed by atoms with Crippen LogP contribution in [0.3, 0.4) is 0 Å². The lowest BCUT2D eigenvalue weighted by Gasteiger charge is -2.48. The van der Waals surface area contributed by atoms with Crippen molar-refractivity contribution in [2.45, 2.75) is 38.1 Å². The molecular formula is C24H26N4O2. The minimum Gasteiger partial charge on any atom is -0.459 e. The summed E-state index contributed by atoms with van der Waals surface area (Å²) in [4.78, 5) is 26.2. The zero-order chi connectivity index (χ0) is 20.6. The lowest BCUT2D eigenvalue weighted by atomic mass is 9.69. The number of anilines is 1. The van der Waals surface area contributed by atoms with E-state index in [0.29, 0.717) is 5.76 Å². The Morgan fingerprint density at radius 1 is 1.10 bits per heavy atom. The number of aryl methyl sites for hydroxylation is 1. The summed E-state index contributed by atoms with van der Waals surface area (Å²) in [7, 11) is 0. The average Bonchev–Trinajstić information content (AvgIpc) is 3.34. The topological polar surface area (TPSA) is 62.5 Å². The summed E-state index contributed by atoms with van der Waals surface area (Å²) in [6.07, 6.45) is 8.19. The van der Waals surface area contributed by atoms with Crippen LogP contribution in [0.4, 0.5) is 5.95 Å². The van der Waals surface area contributed by atoms with Crippen molar-refractivity contribution in [2.75, 3.05) is 24.5 Å². The van der Waals surface area contributed by atoms with Crippen molar-refractivity contribution >= 4 is 11.9 Å². The van der Waals surface area contributed by atoms with Crippen LogP contribution in [-0.2, 0) is 18.4 Å². The van der Waals surface area contributed by atoms with Crippen LogP contribution in [-0.4, -0.2) is 40.4 Å². The van der Waals surface area contributed by atoms with Gasteiger partial charge in [0, 0.05) is 44.0 Å². The summed E-state index contributed by atoms with van der Waals surface area (Å²) < 4.78 is 5.32. The number of benzene rings is 1. The standard InChI is InChI=1S/C24H26N4O2/c1-2-18-14-25-23(26-15-18)28-16-19-6-3-4-7-20(19)24(17-28)9-11-27(12-10-24)22(29)21-8-5-13-30-21/h3-8,13-15H,2,9-12,16-17H2,1H3. The zero-order valence-electron chi connectivity index (χ0n) is 17.3. The largest absolute Gasteiger partial charge is 0.459 e. The van der Waals surface area contributed by atoms with Crippen LogP contribution >= 0.6 is 0 Å². The molecule has 2 aromatic heterocycles. The molecule has 30 heavy (non-hydrogen) atoms. The number of nitrogens with zero attached hydrogens (tertiary/aromatic N) is 4. The second-order valence-electron chi connectivity index (χ2n) is 8.31. The van der Waals surface area contributed by atoms with Crippen molar-refractivity contribution in [1.82, 2.24) is 14.9 Å². The second kappa shape index (κ2) is 7.59. The Morgan fingerprint density at radius 2 is 1.87 bits per heavy atom. The van der Waals surface area contributed by atoms with Crippen molar-refractivity contribution in [3.63, 3.8) is 0 Å². The minimum atomic E-state index is -0.0192. The molecule has 1 aromatic carbocycles. The van der Waals surface area contributed by atoms with Crippen LogP contribution in [0.25, 0.3) is 0 Å². The summed E-state index contributed by atoms with van der Waals surface area (Å²) in [6, 6.07) is 12.2. The van der Waals surface area contributed by atoms with E-state index in [9.17, 15) is 4.79 Å². The van der Waals surface area contributed by atoms with E-state index in [1.807, 2.05) is 17.3 Å². The van der Waals surface area contributed by atoms with Crippen molar-refractivity contribution in [3.05, 3.63) is 77.5 Å². The molecule has 0 radical (unpaired) electrons. The highest BCUT2D eigenvalue weighted by Crippen LogP contribution is 2.42. The van der Waals surface area contributed by atoms with E-state index in [0.717, 1.165) is 57.0 Å².